The minimum Gasteiger partial charge on any atom is -0.371 e. The number of rotatable bonds is 3. The molecule has 20 heavy (non-hydrogen) atoms. The van der Waals surface area contributed by atoms with Crippen molar-refractivity contribution in [2.75, 3.05) is 31.1 Å². The van der Waals surface area contributed by atoms with Gasteiger partial charge in [0.15, 0.2) is 0 Å². The normalized spacial score (nSPS) is 21.4. The second-order valence-electron chi connectivity index (χ2n) is 5.72. The summed E-state index contributed by atoms with van der Waals surface area (Å²) < 4.78 is 0. The topological polar surface area (TPSA) is 15.3 Å². The highest BCUT2D eigenvalue weighted by atomic mass is 35.5. The van der Waals surface area contributed by atoms with Gasteiger partial charge >= 0.3 is 0 Å². The molecule has 2 heterocycles. The molecule has 1 unspecified atom stereocenters. The van der Waals surface area contributed by atoms with Gasteiger partial charge in [0.05, 0.1) is 0 Å². The van der Waals surface area contributed by atoms with Crippen LogP contribution in [0.4, 0.5) is 5.69 Å². The van der Waals surface area contributed by atoms with E-state index in [9.17, 15) is 0 Å². The van der Waals surface area contributed by atoms with Gasteiger partial charge in [-0.15, -0.1) is 24.8 Å². The van der Waals surface area contributed by atoms with Gasteiger partial charge in [-0.2, -0.15) is 0 Å². The van der Waals surface area contributed by atoms with E-state index in [-0.39, 0.29) is 24.8 Å². The van der Waals surface area contributed by atoms with E-state index in [0.29, 0.717) is 0 Å². The highest BCUT2D eigenvalue weighted by Crippen LogP contribution is 2.27. The minimum atomic E-state index is 0. The molecule has 2 aliphatic heterocycles. The number of piperidine rings is 1. The zero-order valence-electron chi connectivity index (χ0n) is 12.0. The minimum absolute atomic E-state index is 0. The SMILES string of the molecule is Cl.Cl.c1ccc2c(c1)CCCN2CCC1CCCNC1. The van der Waals surface area contributed by atoms with Crippen LogP contribution in [-0.2, 0) is 6.42 Å². The lowest BCUT2D eigenvalue weighted by atomic mass is 9.95. The first kappa shape index (κ1) is 17.6. The Labute approximate surface area is 135 Å². The van der Waals surface area contributed by atoms with Crippen LogP contribution in [-0.4, -0.2) is 26.2 Å². The van der Waals surface area contributed by atoms with E-state index in [4.69, 9.17) is 0 Å². The van der Waals surface area contributed by atoms with Crippen LogP contribution in [0.5, 0.6) is 0 Å². The average Bonchev–Trinajstić information content (AvgIpc) is 2.46. The highest BCUT2D eigenvalue weighted by molar-refractivity contribution is 5.85. The van der Waals surface area contributed by atoms with Crippen LogP contribution in [0.25, 0.3) is 0 Å². The second kappa shape index (κ2) is 8.76. The van der Waals surface area contributed by atoms with E-state index >= 15 is 0 Å². The summed E-state index contributed by atoms with van der Waals surface area (Å²) >= 11 is 0. The van der Waals surface area contributed by atoms with Gasteiger partial charge in [0.1, 0.15) is 0 Å². The van der Waals surface area contributed by atoms with Gasteiger partial charge in [-0.25, -0.2) is 0 Å². The van der Waals surface area contributed by atoms with Crippen LogP contribution >= 0.6 is 24.8 Å². The number of nitrogens with zero attached hydrogens (tertiary/aromatic N) is 1. The van der Waals surface area contributed by atoms with Crippen molar-refractivity contribution in [2.45, 2.75) is 32.1 Å². The van der Waals surface area contributed by atoms with Crippen LogP contribution in [0.2, 0.25) is 0 Å². The molecule has 114 valence electrons. The molecule has 4 heteroatoms. The Bertz CT molecular complexity index is 392. The van der Waals surface area contributed by atoms with E-state index in [1.54, 1.807) is 5.56 Å². The van der Waals surface area contributed by atoms with Crippen molar-refractivity contribution < 1.29 is 0 Å². The fourth-order valence-corrected chi connectivity index (χ4v) is 3.35. The van der Waals surface area contributed by atoms with Crippen molar-refractivity contribution >= 4 is 30.5 Å². The van der Waals surface area contributed by atoms with Crippen LogP contribution in [0.1, 0.15) is 31.2 Å². The number of para-hydroxylation sites is 1. The first-order valence-electron chi connectivity index (χ1n) is 7.47. The Kier molecular flexibility index (Phi) is 7.71. The molecule has 3 rings (SSSR count). The van der Waals surface area contributed by atoms with E-state index in [1.807, 2.05) is 0 Å². The molecule has 2 nitrogen and oxygen atoms in total. The standard InChI is InChI=1S/C16H24N2.2ClH/c1-2-8-16-15(6-1)7-4-11-18(16)12-9-14-5-3-10-17-13-14;;/h1-2,6,8,14,17H,3-5,7,9-13H2;2*1H. The van der Waals surface area contributed by atoms with E-state index < -0.39 is 0 Å². The van der Waals surface area contributed by atoms with Gasteiger partial charge in [-0.3, -0.25) is 0 Å². The first-order valence-corrected chi connectivity index (χ1v) is 7.47. The lowest BCUT2D eigenvalue weighted by molar-refractivity contribution is 0.358. The molecule has 1 atom stereocenters. The van der Waals surface area contributed by atoms with Crippen LogP contribution < -0.4 is 10.2 Å². The molecule has 0 amide bonds. The highest BCUT2D eigenvalue weighted by Gasteiger charge is 2.18. The summed E-state index contributed by atoms with van der Waals surface area (Å²) in [6, 6.07) is 8.95. The van der Waals surface area contributed by atoms with Gasteiger partial charge < -0.3 is 10.2 Å². The van der Waals surface area contributed by atoms with Gasteiger partial charge in [0.2, 0.25) is 0 Å². The van der Waals surface area contributed by atoms with Crippen molar-refractivity contribution in [3.8, 4) is 0 Å². The predicted octanol–water partition coefficient (Wildman–Crippen LogP) is 3.67. The Hall–Kier alpha value is -0.440. The van der Waals surface area contributed by atoms with Crippen molar-refractivity contribution in [3.05, 3.63) is 29.8 Å². The van der Waals surface area contributed by atoms with E-state index in [0.717, 1.165) is 5.92 Å². The number of anilines is 1. The Morgan fingerprint density at radius 3 is 2.80 bits per heavy atom. The molecular weight excluding hydrogens is 291 g/mol. The van der Waals surface area contributed by atoms with Gasteiger partial charge in [-0.1, -0.05) is 18.2 Å². The molecule has 1 fully saturated rings. The summed E-state index contributed by atoms with van der Waals surface area (Å²) in [7, 11) is 0. The molecule has 0 spiro atoms. The maximum Gasteiger partial charge on any atom is 0.0398 e. The summed E-state index contributed by atoms with van der Waals surface area (Å²) in [5, 5.41) is 3.52. The number of benzene rings is 1. The zero-order chi connectivity index (χ0) is 12.2. The number of hydrogen-bond donors (Lipinski definition) is 1. The summed E-state index contributed by atoms with van der Waals surface area (Å²) in [4.78, 5) is 2.60. The molecule has 0 aromatic heterocycles. The number of aryl methyl sites for hydroxylation is 1. The van der Waals surface area contributed by atoms with Crippen molar-refractivity contribution in [2.24, 2.45) is 5.92 Å². The number of hydrogen-bond acceptors (Lipinski definition) is 2. The monoisotopic (exact) mass is 316 g/mol. The summed E-state index contributed by atoms with van der Waals surface area (Å²) in [5.41, 5.74) is 3.04. The van der Waals surface area contributed by atoms with E-state index in [2.05, 4.69) is 34.5 Å². The van der Waals surface area contributed by atoms with E-state index in [1.165, 1.54) is 64.0 Å². The van der Waals surface area contributed by atoms with Crippen molar-refractivity contribution in [1.29, 1.82) is 0 Å². The fourth-order valence-electron chi connectivity index (χ4n) is 3.35. The molecule has 1 N–H and O–H groups in total. The molecule has 1 aromatic carbocycles. The van der Waals surface area contributed by atoms with Crippen molar-refractivity contribution in [1.82, 2.24) is 5.32 Å². The molecular formula is C16H26Cl2N2. The lowest BCUT2D eigenvalue weighted by Crippen LogP contribution is -2.35. The van der Waals surface area contributed by atoms with Crippen LogP contribution in [0, 0.1) is 5.92 Å². The van der Waals surface area contributed by atoms with Gasteiger partial charge in [0, 0.05) is 18.8 Å². The van der Waals surface area contributed by atoms with Gasteiger partial charge in [0.25, 0.3) is 0 Å². The Balaban J connectivity index is 0.000001000. The summed E-state index contributed by atoms with van der Waals surface area (Å²) in [6.07, 6.45) is 6.71. The van der Waals surface area contributed by atoms with Crippen molar-refractivity contribution in [3.63, 3.8) is 0 Å². The number of fused-ring (bicyclic) bond motifs is 1. The third-order valence-corrected chi connectivity index (χ3v) is 4.41. The molecule has 1 aromatic rings. The third kappa shape index (κ3) is 4.28. The predicted molar refractivity (Wildman–Crippen MR) is 91.7 cm³/mol. The van der Waals surface area contributed by atoms with Crippen LogP contribution in [0.3, 0.4) is 0 Å². The maximum absolute atomic E-state index is 3.52. The smallest absolute Gasteiger partial charge is 0.0398 e. The molecule has 1 saturated heterocycles. The first-order chi connectivity index (χ1) is 8.93. The molecule has 2 aliphatic rings. The summed E-state index contributed by atoms with van der Waals surface area (Å²) in [5.74, 6) is 0.896. The number of nitrogens with one attached hydrogen (secondary N) is 1. The Morgan fingerprint density at radius 1 is 1.15 bits per heavy atom. The summed E-state index contributed by atoms with van der Waals surface area (Å²) in [6.45, 7) is 4.94. The third-order valence-electron chi connectivity index (χ3n) is 4.41. The largest absolute Gasteiger partial charge is 0.371 e. The maximum atomic E-state index is 3.52. The zero-order valence-corrected chi connectivity index (χ0v) is 13.6. The lowest BCUT2D eigenvalue weighted by Gasteiger charge is -2.33. The average molecular weight is 317 g/mol. The molecule has 0 bridgehead atoms. The second-order valence-corrected chi connectivity index (χ2v) is 5.72. The molecule has 0 radical (unpaired) electrons. The van der Waals surface area contributed by atoms with Gasteiger partial charge in [-0.05, 0) is 62.7 Å². The molecule has 0 aliphatic carbocycles. The molecule has 0 saturated carbocycles. The quantitative estimate of drug-likeness (QED) is 0.915. The van der Waals surface area contributed by atoms with Crippen LogP contribution in [0.15, 0.2) is 24.3 Å². The number of halogens is 2. The fraction of sp³-hybridized carbons (Fsp3) is 0.625. The Morgan fingerprint density at radius 2 is 2.00 bits per heavy atom.